The van der Waals surface area contributed by atoms with Crippen LogP contribution in [0, 0.1) is 18.8 Å². The van der Waals surface area contributed by atoms with Crippen molar-refractivity contribution in [1.29, 1.82) is 0 Å². The van der Waals surface area contributed by atoms with Crippen LogP contribution in [0.2, 0.25) is 5.02 Å². The van der Waals surface area contributed by atoms with Gasteiger partial charge in [0.1, 0.15) is 12.4 Å². The first-order valence-electron chi connectivity index (χ1n) is 8.30. The number of nitrogens with one attached hydrogen (secondary N) is 1. The van der Waals surface area contributed by atoms with Crippen LogP contribution in [0.15, 0.2) is 65.6 Å². The van der Waals surface area contributed by atoms with Crippen molar-refractivity contribution in [2.24, 2.45) is 0 Å². The highest BCUT2D eigenvalue weighted by Gasteiger charge is 2.16. The van der Waals surface area contributed by atoms with Gasteiger partial charge in [-0.25, -0.2) is 8.42 Å². The van der Waals surface area contributed by atoms with E-state index in [4.69, 9.17) is 16.3 Å². The molecular weight excluding hydrogens is 382 g/mol. The van der Waals surface area contributed by atoms with Crippen molar-refractivity contribution < 1.29 is 13.2 Å². The summed E-state index contributed by atoms with van der Waals surface area (Å²) in [5.41, 5.74) is 0.513. The molecule has 0 aromatic heterocycles. The standard InChI is InChI=1S/C21H18ClNO3S/c1-16-19(22)11-7-13-21(16)27(24,25)23-14-4-5-15-26-20-12-6-9-17-8-2-3-10-18(17)20/h2-3,6-13,23H,14-15H2,1H3. The van der Waals surface area contributed by atoms with Crippen molar-refractivity contribution in [2.75, 3.05) is 13.2 Å². The number of ether oxygens (including phenoxy) is 1. The molecule has 0 aliphatic rings. The zero-order chi connectivity index (χ0) is 19.3. The molecule has 27 heavy (non-hydrogen) atoms. The van der Waals surface area contributed by atoms with E-state index in [-0.39, 0.29) is 18.0 Å². The predicted octanol–water partition coefficient (Wildman–Crippen LogP) is 4.16. The maximum Gasteiger partial charge on any atom is 0.241 e. The minimum atomic E-state index is -3.66. The normalized spacial score (nSPS) is 11.0. The molecule has 0 aliphatic heterocycles. The summed E-state index contributed by atoms with van der Waals surface area (Å²) in [6, 6.07) is 18.5. The fraction of sp³-hybridized carbons (Fsp3) is 0.143. The summed E-state index contributed by atoms with van der Waals surface area (Å²) in [6.45, 7) is 1.83. The molecule has 3 rings (SSSR count). The van der Waals surface area contributed by atoms with E-state index in [0.29, 0.717) is 10.6 Å². The third kappa shape index (κ3) is 4.61. The maximum atomic E-state index is 12.3. The lowest BCUT2D eigenvalue weighted by molar-refractivity contribution is 0.374. The maximum absolute atomic E-state index is 12.3. The Bertz CT molecular complexity index is 1130. The van der Waals surface area contributed by atoms with Gasteiger partial charge >= 0.3 is 0 Å². The van der Waals surface area contributed by atoms with Gasteiger partial charge in [-0.05, 0) is 36.1 Å². The second-order valence-electron chi connectivity index (χ2n) is 5.81. The summed E-state index contributed by atoms with van der Waals surface area (Å²) in [7, 11) is -3.66. The molecule has 0 heterocycles. The zero-order valence-electron chi connectivity index (χ0n) is 14.7. The van der Waals surface area contributed by atoms with E-state index in [1.807, 2.05) is 42.5 Å². The largest absolute Gasteiger partial charge is 0.480 e. The Hall–Kier alpha value is -2.52. The van der Waals surface area contributed by atoms with Gasteiger partial charge in [0.2, 0.25) is 10.0 Å². The van der Waals surface area contributed by atoms with Crippen LogP contribution >= 0.6 is 11.6 Å². The summed E-state index contributed by atoms with van der Waals surface area (Å²) < 4.78 is 32.8. The lowest BCUT2D eigenvalue weighted by atomic mass is 10.1. The fourth-order valence-electron chi connectivity index (χ4n) is 2.64. The van der Waals surface area contributed by atoms with Gasteiger partial charge in [0, 0.05) is 10.4 Å². The van der Waals surface area contributed by atoms with Crippen LogP contribution in [0.3, 0.4) is 0 Å². The highest BCUT2D eigenvalue weighted by Crippen LogP contribution is 2.25. The van der Waals surface area contributed by atoms with Crippen molar-refractivity contribution in [3.05, 3.63) is 71.2 Å². The Labute approximate surface area is 164 Å². The smallest absolute Gasteiger partial charge is 0.241 e. The number of fused-ring (bicyclic) bond motifs is 1. The second-order valence-corrected chi connectivity index (χ2v) is 7.95. The van der Waals surface area contributed by atoms with Crippen LogP contribution in [0.5, 0.6) is 5.75 Å². The minimum Gasteiger partial charge on any atom is -0.480 e. The molecule has 0 aliphatic carbocycles. The Balaban J connectivity index is 1.59. The molecule has 0 bridgehead atoms. The van der Waals surface area contributed by atoms with Crippen molar-refractivity contribution in [1.82, 2.24) is 4.72 Å². The summed E-state index contributed by atoms with van der Waals surface area (Å²) in [6.07, 6.45) is 0. The predicted molar refractivity (Wildman–Crippen MR) is 109 cm³/mol. The molecule has 0 unspecified atom stereocenters. The van der Waals surface area contributed by atoms with Crippen LogP contribution < -0.4 is 9.46 Å². The first-order valence-corrected chi connectivity index (χ1v) is 10.2. The fourth-order valence-corrected chi connectivity index (χ4v) is 4.06. The van der Waals surface area contributed by atoms with Crippen LogP contribution in [0.4, 0.5) is 0 Å². The van der Waals surface area contributed by atoms with Crippen molar-refractivity contribution in [2.45, 2.75) is 11.8 Å². The molecule has 0 fully saturated rings. The Morgan fingerprint density at radius 2 is 1.74 bits per heavy atom. The van der Waals surface area contributed by atoms with E-state index in [9.17, 15) is 8.42 Å². The molecular formula is C21H18ClNO3S. The Morgan fingerprint density at radius 3 is 2.59 bits per heavy atom. The topological polar surface area (TPSA) is 55.4 Å². The molecule has 138 valence electrons. The van der Waals surface area contributed by atoms with E-state index >= 15 is 0 Å². The van der Waals surface area contributed by atoms with Gasteiger partial charge in [-0.1, -0.05) is 65.9 Å². The summed E-state index contributed by atoms with van der Waals surface area (Å²) in [4.78, 5) is 0.156. The van der Waals surface area contributed by atoms with E-state index in [0.717, 1.165) is 16.5 Å². The number of halogens is 1. The average Bonchev–Trinajstić information content (AvgIpc) is 2.66. The third-order valence-corrected chi connectivity index (χ3v) is 5.99. The summed E-state index contributed by atoms with van der Waals surface area (Å²) >= 11 is 5.99. The highest BCUT2D eigenvalue weighted by molar-refractivity contribution is 7.89. The van der Waals surface area contributed by atoms with Crippen LogP contribution in [0.1, 0.15) is 5.56 Å². The molecule has 0 saturated heterocycles. The molecule has 0 spiro atoms. The minimum absolute atomic E-state index is 0.00676. The molecule has 0 saturated carbocycles. The third-order valence-electron chi connectivity index (χ3n) is 4.03. The van der Waals surface area contributed by atoms with Crippen molar-refractivity contribution in [3.8, 4) is 17.6 Å². The van der Waals surface area contributed by atoms with Gasteiger partial charge < -0.3 is 4.74 Å². The van der Waals surface area contributed by atoms with Gasteiger partial charge in [0.15, 0.2) is 0 Å². The number of hydrogen-bond donors (Lipinski definition) is 1. The monoisotopic (exact) mass is 399 g/mol. The summed E-state index contributed by atoms with van der Waals surface area (Å²) in [5, 5.41) is 2.51. The molecule has 0 amide bonds. The van der Waals surface area contributed by atoms with Gasteiger partial charge in [-0.15, -0.1) is 0 Å². The van der Waals surface area contributed by atoms with E-state index < -0.39 is 10.0 Å². The lowest BCUT2D eigenvalue weighted by Gasteiger charge is -2.08. The van der Waals surface area contributed by atoms with E-state index in [1.165, 1.54) is 6.07 Å². The molecule has 3 aromatic carbocycles. The van der Waals surface area contributed by atoms with Crippen molar-refractivity contribution >= 4 is 32.4 Å². The van der Waals surface area contributed by atoms with Gasteiger partial charge in [0.05, 0.1) is 11.4 Å². The second kappa shape index (κ2) is 8.45. The van der Waals surface area contributed by atoms with Crippen LogP contribution in [-0.2, 0) is 10.0 Å². The number of sulfonamides is 1. The molecule has 0 atom stereocenters. The first kappa shape index (κ1) is 19.2. The van der Waals surface area contributed by atoms with Gasteiger partial charge in [-0.3, -0.25) is 0 Å². The Kier molecular flexibility index (Phi) is 6.02. The average molecular weight is 400 g/mol. The summed E-state index contributed by atoms with van der Waals surface area (Å²) in [5.74, 6) is 6.34. The highest BCUT2D eigenvalue weighted by atomic mass is 35.5. The zero-order valence-corrected chi connectivity index (χ0v) is 16.3. The number of rotatable bonds is 5. The molecule has 4 nitrogen and oxygen atoms in total. The lowest BCUT2D eigenvalue weighted by Crippen LogP contribution is -2.24. The van der Waals surface area contributed by atoms with Crippen LogP contribution in [0.25, 0.3) is 10.8 Å². The van der Waals surface area contributed by atoms with Gasteiger partial charge in [0.25, 0.3) is 0 Å². The van der Waals surface area contributed by atoms with Gasteiger partial charge in [-0.2, -0.15) is 4.72 Å². The Morgan fingerprint density at radius 1 is 1.00 bits per heavy atom. The number of hydrogen-bond acceptors (Lipinski definition) is 3. The SMILES string of the molecule is Cc1c(Cl)cccc1S(=O)(=O)NCC#CCOc1cccc2ccccc12. The number of benzene rings is 3. The quantitative estimate of drug-likeness (QED) is 0.655. The molecule has 3 aromatic rings. The molecule has 1 N–H and O–H groups in total. The van der Waals surface area contributed by atoms with Crippen molar-refractivity contribution in [3.63, 3.8) is 0 Å². The van der Waals surface area contributed by atoms with Crippen LogP contribution in [-0.4, -0.2) is 21.6 Å². The molecule has 0 radical (unpaired) electrons. The van der Waals surface area contributed by atoms with E-state index in [2.05, 4.69) is 16.6 Å². The first-order chi connectivity index (χ1) is 13.0. The van der Waals surface area contributed by atoms with E-state index in [1.54, 1.807) is 19.1 Å². The molecule has 6 heteroatoms.